The minimum atomic E-state index is -0.792. The van der Waals surface area contributed by atoms with E-state index in [4.69, 9.17) is 9.47 Å². The molecule has 0 bridgehead atoms. The summed E-state index contributed by atoms with van der Waals surface area (Å²) in [6.07, 6.45) is 0.166. The lowest BCUT2D eigenvalue weighted by Crippen LogP contribution is -2.44. The highest BCUT2D eigenvalue weighted by Crippen LogP contribution is 2.35. The first kappa shape index (κ1) is 23.5. The van der Waals surface area contributed by atoms with Gasteiger partial charge in [-0.1, -0.05) is 6.92 Å². The van der Waals surface area contributed by atoms with Crippen molar-refractivity contribution in [1.82, 2.24) is 15.5 Å². The molecule has 166 valence electrons. The number of nitrogens with zero attached hydrogens (tertiary/aromatic N) is 1. The molecule has 3 amide bonds. The molecule has 0 aromatic heterocycles. The van der Waals surface area contributed by atoms with E-state index < -0.39 is 12.0 Å². The summed E-state index contributed by atoms with van der Waals surface area (Å²) in [5.74, 6) is 0.793. The minimum absolute atomic E-state index is 0.0230. The van der Waals surface area contributed by atoms with Crippen LogP contribution in [0.25, 0.3) is 0 Å². The summed E-state index contributed by atoms with van der Waals surface area (Å²) in [6, 6.07) is 3.89. The van der Waals surface area contributed by atoms with Crippen LogP contribution >= 0.6 is 0 Å². The zero-order valence-electron chi connectivity index (χ0n) is 18.1. The predicted octanol–water partition coefficient (Wildman–Crippen LogP) is 1.62. The van der Waals surface area contributed by atoms with Crippen LogP contribution in [0, 0.1) is 0 Å². The van der Waals surface area contributed by atoms with E-state index in [9.17, 15) is 14.4 Å². The average molecular weight is 421 g/mol. The van der Waals surface area contributed by atoms with Crippen LogP contribution in [0.3, 0.4) is 0 Å². The van der Waals surface area contributed by atoms with Gasteiger partial charge in [-0.3, -0.25) is 19.8 Å². The molecule has 2 rings (SSSR count). The van der Waals surface area contributed by atoms with E-state index in [2.05, 4.69) is 15.4 Å². The molecule has 1 aromatic carbocycles. The molecule has 0 saturated carbocycles. The third-order valence-electron chi connectivity index (χ3n) is 4.55. The Morgan fingerprint density at radius 1 is 1.13 bits per heavy atom. The number of nitrogens with one attached hydrogen (secondary N) is 2. The standard InChI is InChI=1S/C21H31N3O6/c1-5-24(13-20(26)23-21(27)29-7-3)12-19(25)22-11-16-10-18-15(8-14(4)30-18)9-17(16)28-6-2/h9-10,14H,5-8,11-13H2,1-4H3,(H,22,25)(H,23,26,27)/t14-/m0/s1. The second kappa shape index (κ2) is 11.4. The molecule has 1 aliphatic heterocycles. The lowest BCUT2D eigenvalue weighted by atomic mass is 10.1. The lowest BCUT2D eigenvalue weighted by Gasteiger charge is -2.19. The van der Waals surface area contributed by atoms with Gasteiger partial charge in [-0.05, 0) is 39.4 Å². The van der Waals surface area contributed by atoms with E-state index >= 15 is 0 Å². The molecule has 1 atom stereocenters. The molecule has 30 heavy (non-hydrogen) atoms. The Morgan fingerprint density at radius 2 is 1.87 bits per heavy atom. The summed E-state index contributed by atoms with van der Waals surface area (Å²) in [7, 11) is 0. The van der Waals surface area contributed by atoms with Crippen molar-refractivity contribution < 1.29 is 28.6 Å². The van der Waals surface area contributed by atoms with Gasteiger partial charge in [-0.2, -0.15) is 0 Å². The molecule has 0 aliphatic carbocycles. The number of hydrogen-bond acceptors (Lipinski definition) is 7. The number of rotatable bonds is 10. The van der Waals surface area contributed by atoms with Gasteiger partial charge in [0.1, 0.15) is 17.6 Å². The molecule has 0 saturated heterocycles. The van der Waals surface area contributed by atoms with Crippen molar-refractivity contribution in [2.24, 2.45) is 0 Å². The van der Waals surface area contributed by atoms with Crippen molar-refractivity contribution in [3.05, 3.63) is 23.3 Å². The number of fused-ring (bicyclic) bond motifs is 1. The Balaban J connectivity index is 1.91. The van der Waals surface area contributed by atoms with Crippen LogP contribution in [0.2, 0.25) is 0 Å². The number of imide groups is 1. The smallest absolute Gasteiger partial charge is 0.413 e. The molecule has 0 fully saturated rings. The second-order valence-corrected chi connectivity index (χ2v) is 6.98. The van der Waals surface area contributed by atoms with Gasteiger partial charge < -0.3 is 19.5 Å². The van der Waals surface area contributed by atoms with Crippen molar-refractivity contribution in [2.75, 3.05) is 32.8 Å². The van der Waals surface area contributed by atoms with Gasteiger partial charge in [0.05, 0.1) is 26.3 Å². The molecule has 9 heteroatoms. The van der Waals surface area contributed by atoms with E-state index in [1.165, 1.54) is 0 Å². The zero-order chi connectivity index (χ0) is 22.1. The van der Waals surface area contributed by atoms with Gasteiger partial charge >= 0.3 is 6.09 Å². The van der Waals surface area contributed by atoms with Crippen molar-refractivity contribution in [3.63, 3.8) is 0 Å². The molecular formula is C21H31N3O6. The Morgan fingerprint density at radius 3 is 2.53 bits per heavy atom. The average Bonchev–Trinajstić information content (AvgIpc) is 3.04. The molecule has 9 nitrogen and oxygen atoms in total. The summed E-state index contributed by atoms with van der Waals surface area (Å²) in [4.78, 5) is 37.2. The largest absolute Gasteiger partial charge is 0.494 e. The molecule has 0 radical (unpaired) electrons. The quantitative estimate of drug-likeness (QED) is 0.591. The first-order valence-electron chi connectivity index (χ1n) is 10.3. The van der Waals surface area contributed by atoms with Crippen molar-refractivity contribution in [3.8, 4) is 11.5 Å². The molecule has 0 spiro atoms. The maximum Gasteiger partial charge on any atom is 0.413 e. The highest BCUT2D eigenvalue weighted by molar-refractivity contribution is 5.93. The molecule has 1 aliphatic rings. The number of amides is 3. The molecule has 2 N–H and O–H groups in total. The number of alkyl carbamates (subject to hydrolysis) is 1. The first-order chi connectivity index (χ1) is 14.4. The molecule has 0 unspecified atom stereocenters. The third kappa shape index (κ3) is 6.91. The van der Waals surface area contributed by atoms with E-state index in [0.717, 1.165) is 29.0 Å². The number of ether oxygens (including phenoxy) is 3. The fourth-order valence-corrected chi connectivity index (χ4v) is 3.17. The van der Waals surface area contributed by atoms with Crippen molar-refractivity contribution >= 4 is 17.9 Å². The summed E-state index contributed by atoms with van der Waals surface area (Å²) in [5, 5.41) is 4.98. The van der Waals surface area contributed by atoms with Gasteiger partial charge in [-0.25, -0.2) is 4.79 Å². The van der Waals surface area contributed by atoms with Crippen LogP contribution < -0.4 is 20.1 Å². The van der Waals surface area contributed by atoms with Crippen LogP contribution in [0.4, 0.5) is 4.79 Å². The highest BCUT2D eigenvalue weighted by atomic mass is 16.5. The lowest BCUT2D eigenvalue weighted by molar-refractivity contribution is -0.124. The number of carbonyl (C=O) groups excluding carboxylic acids is 3. The summed E-state index contributed by atoms with van der Waals surface area (Å²) in [6.45, 7) is 8.80. The molecular weight excluding hydrogens is 390 g/mol. The van der Waals surface area contributed by atoms with Gasteiger partial charge in [-0.15, -0.1) is 0 Å². The number of carbonyl (C=O) groups is 3. The fourth-order valence-electron chi connectivity index (χ4n) is 3.17. The van der Waals surface area contributed by atoms with Crippen LogP contribution in [0.15, 0.2) is 12.1 Å². The SMILES string of the molecule is CCOC(=O)NC(=O)CN(CC)CC(=O)NCc1cc2c(cc1OCC)C[C@H](C)O2. The van der Waals surface area contributed by atoms with Crippen LogP contribution in [-0.4, -0.2) is 61.8 Å². The zero-order valence-corrected chi connectivity index (χ0v) is 18.1. The Hall–Kier alpha value is -2.81. The Bertz CT molecular complexity index is 767. The topological polar surface area (TPSA) is 106 Å². The Labute approximate surface area is 177 Å². The monoisotopic (exact) mass is 421 g/mol. The Kier molecular flexibility index (Phi) is 8.91. The number of hydrogen-bond donors (Lipinski definition) is 2. The third-order valence-corrected chi connectivity index (χ3v) is 4.55. The molecule has 1 aromatic rings. The normalized spacial score (nSPS) is 14.6. The minimum Gasteiger partial charge on any atom is -0.494 e. The highest BCUT2D eigenvalue weighted by Gasteiger charge is 2.22. The van der Waals surface area contributed by atoms with Crippen LogP contribution in [0.5, 0.6) is 11.5 Å². The summed E-state index contributed by atoms with van der Waals surface area (Å²) >= 11 is 0. The maximum absolute atomic E-state index is 12.4. The van der Waals surface area contributed by atoms with Crippen molar-refractivity contribution in [2.45, 2.75) is 46.8 Å². The van der Waals surface area contributed by atoms with Crippen LogP contribution in [-0.2, 0) is 27.3 Å². The van der Waals surface area contributed by atoms with Gasteiger partial charge in [0.15, 0.2) is 0 Å². The predicted molar refractivity (Wildman–Crippen MR) is 111 cm³/mol. The van der Waals surface area contributed by atoms with E-state index in [1.54, 1.807) is 11.8 Å². The summed E-state index contributed by atoms with van der Waals surface area (Å²) < 4.78 is 16.2. The second-order valence-electron chi connectivity index (χ2n) is 6.98. The van der Waals surface area contributed by atoms with E-state index in [1.807, 2.05) is 32.9 Å². The number of likely N-dealkylation sites (N-methyl/N-ethyl adjacent to an activating group) is 1. The number of benzene rings is 1. The van der Waals surface area contributed by atoms with Gasteiger partial charge in [0.25, 0.3) is 0 Å². The van der Waals surface area contributed by atoms with E-state index in [-0.39, 0.29) is 38.3 Å². The molecule has 1 heterocycles. The fraction of sp³-hybridized carbons (Fsp3) is 0.571. The van der Waals surface area contributed by atoms with Gasteiger partial charge in [0, 0.05) is 24.1 Å². The maximum atomic E-state index is 12.4. The van der Waals surface area contributed by atoms with Gasteiger partial charge in [0.2, 0.25) is 11.8 Å². The van der Waals surface area contributed by atoms with Crippen molar-refractivity contribution in [1.29, 1.82) is 0 Å². The first-order valence-corrected chi connectivity index (χ1v) is 10.3. The van der Waals surface area contributed by atoms with Crippen LogP contribution in [0.1, 0.15) is 38.8 Å². The summed E-state index contributed by atoms with van der Waals surface area (Å²) in [5.41, 5.74) is 1.94. The van der Waals surface area contributed by atoms with E-state index in [0.29, 0.717) is 13.2 Å².